The number of nitrogens with zero attached hydrogens (tertiary/aromatic N) is 1. The van der Waals surface area contributed by atoms with E-state index in [0.717, 1.165) is 12.8 Å². The minimum absolute atomic E-state index is 0.0220. The quantitative estimate of drug-likeness (QED) is 0.254. The van der Waals surface area contributed by atoms with Crippen LogP contribution in [0.1, 0.15) is 48.3 Å². The van der Waals surface area contributed by atoms with E-state index in [0.29, 0.717) is 11.1 Å². The van der Waals surface area contributed by atoms with E-state index in [1.165, 1.54) is 19.0 Å². The highest BCUT2D eigenvalue weighted by molar-refractivity contribution is 6.24. The molecule has 1 fully saturated rings. The van der Waals surface area contributed by atoms with Crippen LogP contribution in [0.4, 0.5) is 0 Å². The average molecular weight is 511 g/mol. The summed E-state index contributed by atoms with van der Waals surface area (Å²) in [6.07, 6.45) is 3.96. The molecule has 1 amide bonds. The van der Waals surface area contributed by atoms with Gasteiger partial charge in [0.1, 0.15) is 22.8 Å². The Labute approximate surface area is 213 Å². The first kappa shape index (κ1) is 25.2. The Morgan fingerprint density at radius 1 is 1.14 bits per heavy atom. The molecule has 0 aromatic heterocycles. The fourth-order valence-electron chi connectivity index (χ4n) is 6.82. The molecule has 2 unspecified atom stereocenters. The van der Waals surface area contributed by atoms with Crippen molar-refractivity contribution in [2.24, 2.45) is 17.6 Å². The lowest BCUT2D eigenvalue weighted by molar-refractivity contribution is -0.169. The number of rotatable bonds is 3. The highest BCUT2D eigenvalue weighted by atomic mass is 16.4. The largest absolute Gasteiger partial charge is 0.508 e. The van der Waals surface area contributed by atoms with Crippen molar-refractivity contribution < 1.29 is 39.9 Å². The predicted octanol–water partition coefficient (Wildman–Crippen LogP) is 0.929. The second-order valence-corrected chi connectivity index (χ2v) is 10.6. The summed E-state index contributed by atoms with van der Waals surface area (Å²) < 4.78 is 0. The first-order valence-corrected chi connectivity index (χ1v) is 12.2. The third-order valence-corrected chi connectivity index (χ3v) is 8.57. The van der Waals surface area contributed by atoms with Gasteiger partial charge < -0.3 is 31.3 Å². The van der Waals surface area contributed by atoms with Gasteiger partial charge in [-0.3, -0.25) is 19.3 Å². The maximum Gasteiger partial charge on any atom is 0.255 e. The number of amides is 1. The second-order valence-electron chi connectivity index (χ2n) is 10.6. The number of carbonyl (C=O) groups excluding carboxylic acids is 3. The number of fused-ring (bicyclic) bond motifs is 3. The number of ketones is 2. The van der Waals surface area contributed by atoms with Gasteiger partial charge in [-0.15, -0.1) is 0 Å². The number of likely N-dealkylation sites (N-methyl/N-ethyl adjacent to an activating group) is 1. The number of aromatic hydroxyl groups is 1. The van der Waals surface area contributed by atoms with E-state index in [9.17, 15) is 39.9 Å². The van der Waals surface area contributed by atoms with Gasteiger partial charge in [-0.05, 0) is 38.4 Å². The lowest BCUT2D eigenvalue weighted by Crippen LogP contribution is -2.70. The minimum Gasteiger partial charge on any atom is -0.508 e. The first-order valence-electron chi connectivity index (χ1n) is 12.2. The Bertz CT molecular complexity index is 1340. The van der Waals surface area contributed by atoms with Crippen molar-refractivity contribution in [3.63, 3.8) is 0 Å². The maximum atomic E-state index is 14.0. The van der Waals surface area contributed by atoms with Crippen molar-refractivity contribution in [3.05, 3.63) is 57.9 Å². The van der Waals surface area contributed by atoms with Crippen LogP contribution >= 0.6 is 0 Å². The van der Waals surface area contributed by atoms with Gasteiger partial charge in [0.25, 0.3) is 5.91 Å². The molecule has 37 heavy (non-hydrogen) atoms. The average Bonchev–Trinajstić information content (AvgIpc) is 3.35. The molecule has 0 spiro atoms. The van der Waals surface area contributed by atoms with Crippen molar-refractivity contribution in [3.8, 4) is 5.75 Å². The summed E-state index contributed by atoms with van der Waals surface area (Å²) in [6, 6.07) is 2.13. The summed E-state index contributed by atoms with van der Waals surface area (Å²) in [5.41, 5.74) is 2.19. The molecule has 1 aromatic rings. The zero-order valence-electron chi connectivity index (χ0n) is 20.7. The minimum atomic E-state index is -2.91. The summed E-state index contributed by atoms with van der Waals surface area (Å²) in [5.74, 6) is -8.83. The monoisotopic (exact) mass is 510 g/mol. The number of phenols is 1. The molecule has 196 valence electrons. The van der Waals surface area contributed by atoms with Crippen molar-refractivity contribution in [1.29, 1.82) is 0 Å². The number of carbonyl (C=O) groups is 3. The van der Waals surface area contributed by atoms with E-state index in [1.807, 2.05) is 12.2 Å². The fraction of sp³-hybridized carbons (Fsp3) is 0.444. The Morgan fingerprint density at radius 2 is 1.78 bits per heavy atom. The van der Waals surface area contributed by atoms with Crippen LogP contribution in [0.5, 0.6) is 5.75 Å². The lowest BCUT2D eigenvalue weighted by Gasteiger charge is -2.53. The highest BCUT2D eigenvalue weighted by Gasteiger charge is 2.68. The third-order valence-electron chi connectivity index (χ3n) is 8.57. The molecular weight excluding hydrogens is 480 g/mol. The Morgan fingerprint density at radius 3 is 2.35 bits per heavy atom. The van der Waals surface area contributed by atoms with E-state index in [2.05, 4.69) is 0 Å². The predicted molar refractivity (Wildman–Crippen MR) is 131 cm³/mol. The zero-order valence-corrected chi connectivity index (χ0v) is 20.7. The van der Waals surface area contributed by atoms with Crippen LogP contribution in [0.2, 0.25) is 0 Å². The molecular formula is C27H30N2O8. The van der Waals surface area contributed by atoms with Gasteiger partial charge in [-0.2, -0.15) is 0 Å². The summed E-state index contributed by atoms with van der Waals surface area (Å²) in [7, 11) is 2.95. The fourth-order valence-corrected chi connectivity index (χ4v) is 6.82. The number of aliphatic hydroxyl groups excluding tert-OH is 3. The van der Waals surface area contributed by atoms with E-state index < -0.39 is 70.1 Å². The number of nitrogens with two attached hydrogens (primary N) is 1. The topological polar surface area (TPSA) is 182 Å². The van der Waals surface area contributed by atoms with Crippen molar-refractivity contribution in [2.45, 2.75) is 49.3 Å². The number of phenolic OH excluding ortho intramolecular Hbond substituents is 1. The molecule has 0 radical (unpaired) electrons. The van der Waals surface area contributed by atoms with E-state index in [1.54, 1.807) is 19.1 Å². The number of primary amides is 1. The molecule has 0 aliphatic heterocycles. The molecule has 10 nitrogen and oxygen atoms in total. The van der Waals surface area contributed by atoms with Gasteiger partial charge in [0.05, 0.1) is 23.6 Å². The van der Waals surface area contributed by atoms with E-state index >= 15 is 0 Å². The van der Waals surface area contributed by atoms with E-state index in [4.69, 9.17) is 5.73 Å². The molecule has 5 rings (SSSR count). The molecule has 7 N–H and O–H groups in total. The van der Waals surface area contributed by atoms with Crippen LogP contribution in [-0.4, -0.2) is 79.7 Å². The van der Waals surface area contributed by atoms with Crippen molar-refractivity contribution >= 4 is 23.2 Å². The SMILES string of the molecule is C[C@H]1c2ccc(C3C=CCC3)c(O)c2C(O)=C2C(=O)[C@]3(O)C(O)=C(C(N)=O)C(=O)[C@@H](N(C)C)[C@@H]3[C@@H](O)C21. The molecule has 0 bridgehead atoms. The van der Waals surface area contributed by atoms with Gasteiger partial charge in [-0.25, -0.2) is 0 Å². The Hall–Kier alpha value is -3.47. The molecule has 7 atom stereocenters. The summed E-state index contributed by atoms with van der Waals surface area (Å²) in [6.45, 7) is 1.71. The normalized spacial score (nSPS) is 35.1. The van der Waals surface area contributed by atoms with Crippen LogP contribution < -0.4 is 5.73 Å². The van der Waals surface area contributed by atoms with Gasteiger partial charge >= 0.3 is 0 Å². The number of aliphatic hydroxyl groups is 4. The number of hydrogen-bond acceptors (Lipinski definition) is 9. The Kier molecular flexibility index (Phi) is 5.63. The van der Waals surface area contributed by atoms with Crippen molar-refractivity contribution in [2.75, 3.05) is 14.1 Å². The number of allylic oxidation sites excluding steroid dienone is 2. The van der Waals surface area contributed by atoms with E-state index in [-0.39, 0.29) is 22.8 Å². The molecule has 0 saturated heterocycles. The van der Waals surface area contributed by atoms with Gasteiger partial charge in [0.2, 0.25) is 5.78 Å². The lowest BCUT2D eigenvalue weighted by atomic mass is 9.54. The summed E-state index contributed by atoms with van der Waals surface area (Å²) >= 11 is 0. The van der Waals surface area contributed by atoms with Crippen LogP contribution in [0.15, 0.2) is 41.2 Å². The molecule has 4 aliphatic carbocycles. The third kappa shape index (κ3) is 3.12. The summed E-state index contributed by atoms with van der Waals surface area (Å²) in [4.78, 5) is 40.6. The smallest absolute Gasteiger partial charge is 0.255 e. The summed E-state index contributed by atoms with van der Waals surface area (Å²) in [5, 5.41) is 56.9. The standard InChI is InChI=1S/C27H30N2O8/c1-10-12-8-9-13(11-6-4-5-7-11)20(30)15(12)21(31)16-14(10)22(32)18-19(29(2)3)23(33)17(26(28)36)25(35)27(18,37)24(16)34/h4,6,8-11,14,18-19,22,30-32,35,37H,5,7H2,1-3H3,(H2,28,36)/t10-,11?,14?,18+,19-,22-,27-/m0/s1. The molecule has 1 aromatic carbocycles. The van der Waals surface area contributed by atoms with Crippen LogP contribution in [-0.2, 0) is 14.4 Å². The van der Waals surface area contributed by atoms with Crippen LogP contribution in [0.3, 0.4) is 0 Å². The zero-order chi connectivity index (χ0) is 27.1. The molecule has 4 aliphatic rings. The molecule has 1 saturated carbocycles. The van der Waals surface area contributed by atoms with Crippen LogP contribution in [0, 0.1) is 11.8 Å². The molecule has 10 heteroatoms. The van der Waals surface area contributed by atoms with Crippen LogP contribution in [0.25, 0.3) is 5.76 Å². The second kappa shape index (κ2) is 8.27. The number of benzene rings is 1. The van der Waals surface area contributed by atoms with Gasteiger partial charge in [0, 0.05) is 23.0 Å². The number of hydrogen-bond donors (Lipinski definition) is 6. The maximum absolute atomic E-state index is 14.0. The first-order chi connectivity index (χ1) is 17.3. The van der Waals surface area contributed by atoms with Crippen molar-refractivity contribution in [1.82, 2.24) is 4.90 Å². The molecule has 0 heterocycles. The number of Topliss-reactive ketones (excluding diaryl/α,β-unsaturated/α-hetero) is 2. The van der Waals surface area contributed by atoms with Gasteiger partial charge in [-0.1, -0.05) is 31.2 Å². The Balaban J connectivity index is 1.77. The highest BCUT2D eigenvalue weighted by Crippen LogP contribution is 2.56. The van der Waals surface area contributed by atoms with Gasteiger partial charge in [0.15, 0.2) is 11.4 Å².